The third-order valence-electron chi connectivity index (χ3n) is 3.07. The van der Waals surface area contributed by atoms with E-state index in [1.54, 1.807) is 0 Å². The summed E-state index contributed by atoms with van der Waals surface area (Å²) >= 11 is 4.17. The lowest BCUT2D eigenvalue weighted by atomic mass is 10.1. The molecule has 1 unspecified atom stereocenters. The molecule has 6 nitrogen and oxygen atoms in total. The molecule has 2 rings (SSSR count). The molecule has 1 atom stereocenters. The highest BCUT2D eigenvalue weighted by Gasteiger charge is 2.31. The van der Waals surface area contributed by atoms with E-state index >= 15 is 0 Å². The maximum Gasteiger partial charge on any atom is 0.270 e. The van der Waals surface area contributed by atoms with Crippen molar-refractivity contribution in [2.45, 2.75) is 6.42 Å². The normalized spacial score (nSPS) is 18.4. The highest BCUT2D eigenvalue weighted by Crippen LogP contribution is 2.30. The van der Waals surface area contributed by atoms with Crippen LogP contribution in [0.3, 0.4) is 0 Å². The minimum absolute atomic E-state index is 0.0793. The van der Waals surface area contributed by atoms with Crippen molar-refractivity contribution < 1.29 is 9.72 Å². The van der Waals surface area contributed by atoms with Gasteiger partial charge in [-0.25, -0.2) is 0 Å². The molecule has 1 fully saturated rings. The third-order valence-corrected chi connectivity index (χ3v) is 3.58. The Bertz CT molecular complexity index is 582. The van der Waals surface area contributed by atoms with Crippen LogP contribution in [0.4, 0.5) is 11.4 Å². The summed E-state index contributed by atoms with van der Waals surface area (Å²) in [7, 11) is 0. The second-order valence-corrected chi connectivity index (χ2v) is 4.69. The third kappa shape index (κ3) is 2.53. The number of nitro groups is 1. The smallest absolute Gasteiger partial charge is 0.270 e. The fraction of sp³-hybridized carbons (Fsp3) is 0.333. The molecule has 0 N–H and O–H groups in total. The molecular formula is C12H11N3O3S. The molecule has 1 amide bonds. The van der Waals surface area contributed by atoms with E-state index < -0.39 is 4.92 Å². The van der Waals surface area contributed by atoms with E-state index in [-0.39, 0.29) is 23.1 Å². The first-order valence-corrected chi connectivity index (χ1v) is 6.29. The minimum atomic E-state index is -0.563. The molecule has 0 radical (unpaired) electrons. The van der Waals surface area contributed by atoms with Gasteiger partial charge in [0.25, 0.3) is 5.69 Å². The van der Waals surface area contributed by atoms with Crippen LogP contribution >= 0.6 is 12.6 Å². The minimum Gasteiger partial charge on any atom is -0.311 e. The summed E-state index contributed by atoms with van der Waals surface area (Å²) in [4.78, 5) is 23.5. The number of carbonyl (C=O) groups excluding carboxylic acids is 1. The predicted octanol–water partition coefficient (Wildman–Crippen LogP) is 1.75. The predicted molar refractivity (Wildman–Crippen MR) is 72.1 cm³/mol. The molecule has 98 valence electrons. The van der Waals surface area contributed by atoms with Crippen LogP contribution < -0.4 is 4.90 Å². The highest BCUT2D eigenvalue weighted by atomic mass is 32.1. The van der Waals surface area contributed by atoms with Gasteiger partial charge in [-0.05, 0) is 17.7 Å². The molecule has 1 aromatic rings. The molecule has 1 aliphatic heterocycles. The first-order chi connectivity index (χ1) is 9.06. The maximum atomic E-state index is 11.9. The number of amides is 1. The number of anilines is 1. The van der Waals surface area contributed by atoms with Crippen molar-refractivity contribution in [3.63, 3.8) is 0 Å². The highest BCUT2D eigenvalue weighted by molar-refractivity contribution is 7.80. The van der Waals surface area contributed by atoms with Crippen molar-refractivity contribution in [1.29, 1.82) is 5.26 Å². The van der Waals surface area contributed by atoms with E-state index in [4.69, 9.17) is 5.26 Å². The van der Waals surface area contributed by atoms with Crippen LogP contribution in [0.1, 0.15) is 12.0 Å². The first kappa shape index (κ1) is 13.4. The number of nitro benzene ring substituents is 1. The van der Waals surface area contributed by atoms with Crippen molar-refractivity contribution >= 4 is 29.9 Å². The number of carbonyl (C=O) groups is 1. The summed E-state index contributed by atoms with van der Waals surface area (Å²) in [6.45, 7) is 0.495. The molecule has 7 heteroatoms. The van der Waals surface area contributed by atoms with E-state index in [1.165, 1.54) is 23.1 Å². The van der Waals surface area contributed by atoms with Crippen molar-refractivity contribution in [1.82, 2.24) is 0 Å². The first-order valence-electron chi connectivity index (χ1n) is 5.66. The molecular weight excluding hydrogens is 266 g/mol. The zero-order chi connectivity index (χ0) is 14.0. The second-order valence-electron chi connectivity index (χ2n) is 4.33. The Morgan fingerprint density at radius 2 is 2.32 bits per heavy atom. The quantitative estimate of drug-likeness (QED) is 0.518. The lowest BCUT2D eigenvalue weighted by Gasteiger charge is -2.17. The number of thiol groups is 1. The summed E-state index contributed by atoms with van der Waals surface area (Å²) < 4.78 is 0. The van der Waals surface area contributed by atoms with E-state index in [0.717, 1.165) is 0 Å². The van der Waals surface area contributed by atoms with Crippen LogP contribution in [0.15, 0.2) is 18.2 Å². The number of nitriles is 1. The molecule has 1 heterocycles. The van der Waals surface area contributed by atoms with Crippen LogP contribution in [0.2, 0.25) is 0 Å². The van der Waals surface area contributed by atoms with Crippen molar-refractivity contribution in [3.05, 3.63) is 33.9 Å². The van der Waals surface area contributed by atoms with Gasteiger partial charge in [-0.2, -0.15) is 17.9 Å². The van der Waals surface area contributed by atoms with E-state index in [1.807, 2.05) is 6.07 Å². The summed E-state index contributed by atoms with van der Waals surface area (Å²) in [5, 5.41) is 19.7. The Hall–Kier alpha value is -2.07. The van der Waals surface area contributed by atoms with E-state index in [2.05, 4.69) is 12.6 Å². The molecule has 1 aromatic carbocycles. The van der Waals surface area contributed by atoms with E-state index in [9.17, 15) is 14.9 Å². The number of nitrogens with zero attached hydrogens (tertiary/aromatic N) is 3. The second kappa shape index (κ2) is 5.28. The van der Waals surface area contributed by atoms with Gasteiger partial charge in [-0.1, -0.05) is 0 Å². The number of benzene rings is 1. The molecule has 1 saturated heterocycles. The lowest BCUT2D eigenvalue weighted by Crippen LogP contribution is -2.25. The number of hydrogen-bond acceptors (Lipinski definition) is 5. The van der Waals surface area contributed by atoms with Crippen LogP contribution in [-0.2, 0) is 4.79 Å². The van der Waals surface area contributed by atoms with E-state index in [0.29, 0.717) is 24.4 Å². The Morgan fingerprint density at radius 3 is 2.84 bits per heavy atom. The monoisotopic (exact) mass is 277 g/mol. The van der Waals surface area contributed by atoms with Crippen LogP contribution in [0, 0.1) is 27.4 Å². The van der Waals surface area contributed by atoms with Gasteiger partial charge in [0.05, 0.1) is 16.2 Å². The summed E-state index contributed by atoms with van der Waals surface area (Å²) in [5.74, 6) is 0.666. The fourth-order valence-corrected chi connectivity index (χ4v) is 2.34. The molecule has 0 bridgehead atoms. The number of non-ortho nitro benzene ring substituents is 1. The van der Waals surface area contributed by atoms with Gasteiger partial charge in [-0.15, -0.1) is 0 Å². The summed E-state index contributed by atoms with van der Waals surface area (Å²) in [5.41, 5.74) is 0.419. The average molecular weight is 277 g/mol. The Labute approximate surface area is 115 Å². The van der Waals surface area contributed by atoms with Crippen molar-refractivity contribution in [2.24, 2.45) is 5.92 Å². The van der Waals surface area contributed by atoms with Crippen molar-refractivity contribution in [3.8, 4) is 6.07 Å². The Morgan fingerprint density at radius 1 is 1.58 bits per heavy atom. The molecule has 0 aliphatic carbocycles. The van der Waals surface area contributed by atoms with Crippen molar-refractivity contribution in [2.75, 3.05) is 17.2 Å². The van der Waals surface area contributed by atoms with Gasteiger partial charge in [0, 0.05) is 25.1 Å². The van der Waals surface area contributed by atoms with Gasteiger partial charge in [0.1, 0.15) is 6.07 Å². The Kier molecular flexibility index (Phi) is 3.71. The standard InChI is InChI=1S/C12H11N3O3S/c13-5-9-4-10(15(17)18)1-2-11(9)14-6-8(7-19)3-12(14)16/h1-2,4,8,19H,3,6-7H2. The molecule has 1 aliphatic rings. The van der Waals surface area contributed by atoms with Gasteiger partial charge in [0.15, 0.2) is 0 Å². The topological polar surface area (TPSA) is 87.2 Å². The van der Waals surface area contributed by atoms with Gasteiger partial charge >= 0.3 is 0 Å². The SMILES string of the molecule is N#Cc1cc([N+](=O)[O-])ccc1N1CC(CS)CC1=O. The van der Waals surface area contributed by atoms with Gasteiger partial charge in [-0.3, -0.25) is 14.9 Å². The fourth-order valence-electron chi connectivity index (χ4n) is 2.10. The molecule has 0 spiro atoms. The van der Waals surface area contributed by atoms with Gasteiger partial charge in [0.2, 0.25) is 5.91 Å². The molecule has 0 saturated carbocycles. The zero-order valence-electron chi connectivity index (χ0n) is 9.94. The molecule has 19 heavy (non-hydrogen) atoms. The van der Waals surface area contributed by atoms with Crippen LogP contribution in [0.25, 0.3) is 0 Å². The lowest BCUT2D eigenvalue weighted by molar-refractivity contribution is -0.384. The largest absolute Gasteiger partial charge is 0.311 e. The summed E-state index contributed by atoms with van der Waals surface area (Å²) in [6, 6.07) is 5.85. The van der Waals surface area contributed by atoms with Crippen LogP contribution in [0.5, 0.6) is 0 Å². The summed E-state index contributed by atoms with van der Waals surface area (Å²) in [6.07, 6.45) is 0.394. The average Bonchev–Trinajstić information content (AvgIpc) is 2.79. The zero-order valence-corrected chi connectivity index (χ0v) is 10.8. The van der Waals surface area contributed by atoms with Crippen LogP contribution in [-0.4, -0.2) is 23.1 Å². The number of hydrogen-bond donors (Lipinski definition) is 1. The number of rotatable bonds is 3. The maximum absolute atomic E-state index is 11.9. The van der Waals surface area contributed by atoms with Gasteiger partial charge < -0.3 is 4.90 Å². The Balaban J connectivity index is 2.38. The molecule has 0 aromatic heterocycles.